The number of hydrogen-bond donors (Lipinski definition) is 1. The molecule has 82 valence electrons. The molecule has 0 bridgehead atoms. The molecule has 0 spiro atoms. The lowest BCUT2D eigenvalue weighted by Crippen LogP contribution is -2.17. The topological polar surface area (TPSA) is 37.3 Å². The van der Waals surface area contributed by atoms with Crippen LogP contribution in [0, 0.1) is 11.3 Å². The van der Waals surface area contributed by atoms with Gasteiger partial charge < -0.3 is 5.11 Å². The Balaban J connectivity index is 2.28. The Morgan fingerprint density at radius 1 is 1.36 bits per heavy atom. The summed E-state index contributed by atoms with van der Waals surface area (Å²) >= 11 is 0. The van der Waals surface area contributed by atoms with Crippen molar-refractivity contribution in [2.45, 2.75) is 58.8 Å². The van der Waals surface area contributed by atoms with E-state index < -0.39 is 5.97 Å². The Morgan fingerprint density at radius 3 is 2.43 bits per heavy atom. The van der Waals surface area contributed by atoms with Gasteiger partial charge in [0.1, 0.15) is 0 Å². The highest BCUT2D eigenvalue weighted by Gasteiger charge is 2.25. The van der Waals surface area contributed by atoms with Gasteiger partial charge in [-0.15, -0.1) is 0 Å². The zero-order valence-electron chi connectivity index (χ0n) is 9.38. The van der Waals surface area contributed by atoms with Crippen molar-refractivity contribution in [1.29, 1.82) is 0 Å². The minimum Gasteiger partial charge on any atom is -0.481 e. The number of carboxylic acid groups (broad SMARTS) is 1. The summed E-state index contributed by atoms with van der Waals surface area (Å²) in [7, 11) is 0. The smallest absolute Gasteiger partial charge is 0.303 e. The summed E-state index contributed by atoms with van der Waals surface area (Å²) in [4.78, 5) is 10.5. The van der Waals surface area contributed by atoms with E-state index in [9.17, 15) is 4.79 Å². The molecule has 0 amide bonds. The van der Waals surface area contributed by atoms with Gasteiger partial charge in [0.05, 0.1) is 0 Å². The van der Waals surface area contributed by atoms with Crippen molar-refractivity contribution in [2.24, 2.45) is 11.3 Å². The van der Waals surface area contributed by atoms with Gasteiger partial charge in [0.15, 0.2) is 0 Å². The third kappa shape index (κ3) is 4.12. The van der Waals surface area contributed by atoms with Gasteiger partial charge in [0.25, 0.3) is 0 Å². The first-order valence-corrected chi connectivity index (χ1v) is 5.71. The molecular formula is C12H22O2. The van der Waals surface area contributed by atoms with E-state index in [4.69, 9.17) is 5.11 Å². The number of carbonyl (C=O) groups is 1. The predicted octanol–water partition coefficient (Wildman–Crippen LogP) is 3.46. The first-order valence-electron chi connectivity index (χ1n) is 5.71. The summed E-state index contributed by atoms with van der Waals surface area (Å²) in [5, 5.41) is 8.64. The molecule has 1 N–H and O–H groups in total. The summed E-state index contributed by atoms with van der Waals surface area (Å²) in [5.41, 5.74) is 0.216. The van der Waals surface area contributed by atoms with Gasteiger partial charge in [-0.2, -0.15) is 0 Å². The predicted molar refractivity (Wildman–Crippen MR) is 57.2 cm³/mol. The van der Waals surface area contributed by atoms with E-state index in [0.29, 0.717) is 6.42 Å². The third-order valence-corrected chi connectivity index (χ3v) is 3.33. The standard InChI is InChI=1S/C12H22O2/c1-12(2,8-7-11(13)14)9-10-5-3-4-6-10/h10H,3-9H2,1-2H3,(H,13,14). The quantitative estimate of drug-likeness (QED) is 0.734. The molecule has 0 heterocycles. The highest BCUT2D eigenvalue weighted by molar-refractivity contribution is 5.66. The van der Waals surface area contributed by atoms with E-state index in [2.05, 4.69) is 13.8 Å². The SMILES string of the molecule is CC(C)(CCC(=O)O)CC1CCCC1. The third-order valence-electron chi connectivity index (χ3n) is 3.33. The summed E-state index contributed by atoms with van der Waals surface area (Å²) in [6.07, 6.45) is 7.81. The molecule has 1 fully saturated rings. The Labute approximate surface area is 86.7 Å². The molecule has 1 aliphatic carbocycles. The first-order chi connectivity index (χ1) is 6.49. The molecule has 1 rings (SSSR count). The molecule has 14 heavy (non-hydrogen) atoms. The van der Waals surface area contributed by atoms with Crippen molar-refractivity contribution in [2.75, 3.05) is 0 Å². The van der Waals surface area contributed by atoms with E-state index in [0.717, 1.165) is 12.3 Å². The van der Waals surface area contributed by atoms with Crippen LogP contribution in [-0.2, 0) is 4.79 Å². The Bertz CT molecular complexity index is 190. The maximum absolute atomic E-state index is 10.5. The van der Waals surface area contributed by atoms with Crippen LogP contribution in [0.1, 0.15) is 58.8 Å². The summed E-state index contributed by atoms with van der Waals surface area (Å²) < 4.78 is 0. The zero-order chi connectivity index (χ0) is 10.6. The van der Waals surface area contributed by atoms with Gasteiger partial charge in [-0.3, -0.25) is 4.79 Å². The van der Waals surface area contributed by atoms with Gasteiger partial charge in [-0.05, 0) is 24.2 Å². The van der Waals surface area contributed by atoms with Crippen LogP contribution in [0.2, 0.25) is 0 Å². The molecule has 0 unspecified atom stereocenters. The van der Waals surface area contributed by atoms with Crippen LogP contribution in [0.3, 0.4) is 0 Å². The fourth-order valence-corrected chi connectivity index (χ4v) is 2.54. The molecule has 0 aromatic heterocycles. The largest absolute Gasteiger partial charge is 0.481 e. The average Bonchev–Trinajstić information content (AvgIpc) is 2.53. The Hall–Kier alpha value is -0.530. The van der Waals surface area contributed by atoms with Crippen LogP contribution < -0.4 is 0 Å². The zero-order valence-corrected chi connectivity index (χ0v) is 9.38. The van der Waals surface area contributed by atoms with E-state index in [1.165, 1.54) is 32.1 Å². The van der Waals surface area contributed by atoms with Crippen molar-refractivity contribution in [1.82, 2.24) is 0 Å². The number of hydrogen-bond acceptors (Lipinski definition) is 1. The van der Waals surface area contributed by atoms with E-state index >= 15 is 0 Å². The first kappa shape index (κ1) is 11.5. The minimum atomic E-state index is -0.663. The van der Waals surface area contributed by atoms with Gasteiger partial charge in [-0.1, -0.05) is 39.5 Å². The number of aliphatic carboxylic acids is 1. The van der Waals surface area contributed by atoms with Gasteiger partial charge in [0, 0.05) is 6.42 Å². The van der Waals surface area contributed by atoms with Crippen LogP contribution in [0.15, 0.2) is 0 Å². The van der Waals surface area contributed by atoms with Crippen molar-refractivity contribution >= 4 is 5.97 Å². The monoisotopic (exact) mass is 198 g/mol. The van der Waals surface area contributed by atoms with Crippen molar-refractivity contribution in [3.05, 3.63) is 0 Å². The molecule has 2 nitrogen and oxygen atoms in total. The van der Waals surface area contributed by atoms with Crippen LogP contribution in [0.4, 0.5) is 0 Å². The van der Waals surface area contributed by atoms with E-state index in [1.807, 2.05) is 0 Å². The molecule has 2 heteroatoms. The highest BCUT2D eigenvalue weighted by atomic mass is 16.4. The van der Waals surface area contributed by atoms with Crippen molar-refractivity contribution in [3.8, 4) is 0 Å². The lowest BCUT2D eigenvalue weighted by Gasteiger charge is -2.27. The van der Waals surface area contributed by atoms with Gasteiger partial charge >= 0.3 is 5.97 Å². The second kappa shape index (κ2) is 4.81. The molecule has 0 aromatic rings. The maximum atomic E-state index is 10.5. The molecule has 0 atom stereocenters. The fraction of sp³-hybridized carbons (Fsp3) is 0.917. The van der Waals surface area contributed by atoms with Crippen molar-refractivity contribution in [3.63, 3.8) is 0 Å². The molecule has 1 aliphatic rings. The van der Waals surface area contributed by atoms with Crippen LogP contribution in [0.25, 0.3) is 0 Å². The van der Waals surface area contributed by atoms with E-state index in [1.54, 1.807) is 0 Å². The molecule has 0 aliphatic heterocycles. The molecule has 1 saturated carbocycles. The van der Waals surface area contributed by atoms with Gasteiger partial charge in [0.2, 0.25) is 0 Å². The lowest BCUT2D eigenvalue weighted by atomic mass is 9.78. The van der Waals surface area contributed by atoms with Crippen LogP contribution in [-0.4, -0.2) is 11.1 Å². The second-order valence-electron chi connectivity index (χ2n) is 5.41. The minimum absolute atomic E-state index is 0.216. The van der Waals surface area contributed by atoms with E-state index in [-0.39, 0.29) is 5.41 Å². The Kier molecular flexibility index (Phi) is 3.97. The van der Waals surface area contributed by atoms with Crippen LogP contribution >= 0.6 is 0 Å². The summed E-state index contributed by atoms with van der Waals surface area (Å²) in [6, 6.07) is 0. The molecule has 0 radical (unpaired) electrons. The molecule has 0 saturated heterocycles. The summed E-state index contributed by atoms with van der Waals surface area (Å²) in [6.45, 7) is 4.41. The second-order valence-corrected chi connectivity index (χ2v) is 5.41. The van der Waals surface area contributed by atoms with Gasteiger partial charge in [-0.25, -0.2) is 0 Å². The summed E-state index contributed by atoms with van der Waals surface area (Å²) in [5.74, 6) is 0.197. The lowest BCUT2D eigenvalue weighted by molar-refractivity contribution is -0.137. The Morgan fingerprint density at radius 2 is 1.93 bits per heavy atom. The fourth-order valence-electron chi connectivity index (χ4n) is 2.54. The van der Waals surface area contributed by atoms with Crippen molar-refractivity contribution < 1.29 is 9.90 Å². The normalized spacial score (nSPS) is 18.7. The molecular weight excluding hydrogens is 176 g/mol. The maximum Gasteiger partial charge on any atom is 0.303 e. The number of rotatable bonds is 5. The average molecular weight is 198 g/mol. The highest BCUT2D eigenvalue weighted by Crippen LogP contribution is 2.37. The molecule has 0 aromatic carbocycles. The number of carboxylic acids is 1. The van der Waals surface area contributed by atoms with Crippen LogP contribution in [0.5, 0.6) is 0 Å².